The highest BCUT2D eigenvalue weighted by atomic mass is 32.2. The molecule has 0 saturated heterocycles. The summed E-state index contributed by atoms with van der Waals surface area (Å²) in [6, 6.07) is 21.8. The molecule has 0 unspecified atom stereocenters. The number of sulfonamides is 1. The molecule has 1 aliphatic rings. The second kappa shape index (κ2) is 7.93. The van der Waals surface area contributed by atoms with Gasteiger partial charge in [0.1, 0.15) is 5.75 Å². The van der Waals surface area contributed by atoms with Gasteiger partial charge in [0.2, 0.25) is 10.0 Å². The van der Waals surface area contributed by atoms with Crippen molar-refractivity contribution >= 4 is 21.4 Å². The smallest absolute Gasteiger partial charge is 0.238 e. The zero-order chi connectivity index (χ0) is 21.3. The predicted octanol–water partition coefficient (Wildman–Crippen LogP) is 3.96. The van der Waals surface area contributed by atoms with Crippen LogP contribution in [0.3, 0.4) is 0 Å². The summed E-state index contributed by atoms with van der Waals surface area (Å²) in [4.78, 5) is 0.0611. The maximum Gasteiger partial charge on any atom is 0.238 e. The number of phenols is 1. The Kier molecular flexibility index (Phi) is 5.32. The van der Waals surface area contributed by atoms with Gasteiger partial charge in [-0.05, 0) is 59.5 Å². The summed E-state index contributed by atoms with van der Waals surface area (Å²) >= 11 is 0. The van der Waals surface area contributed by atoms with E-state index in [1.165, 1.54) is 17.7 Å². The van der Waals surface area contributed by atoms with Crippen molar-refractivity contribution in [3.05, 3.63) is 89.5 Å². The van der Waals surface area contributed by atoms with Crippen molar-refractivity contribution in [2.24, 2.45) is 10.2 Å². The highest BCUT2D eigenvalue weighted by Crippen LogP contribution is 2.37. The number of nitrogens with zero attached hydrogens (tertiary/aromatic N) is 2. The maximum atomic E-state index is 11.6. The summed E-state index contributed by atoms with van der Waals surface area (Å²) in [6.07, 6.45) is 1.67. The lowest BCUT2D eigenvalue weighted by Gasteiger charge is -2.24. The fourth-order valence-electron chi connectivity index (χ4n) is 3.60. The highest BCUT2D eigenvalue weighted by molar-refractivity contribution is 7.89. The summed E-state index contributed by atoms with van der Waals surface area (Å²) in [6.45, 7) is 2.12. The molecule has 3 aromatic rings. The fourth-order valence-corrected chi connectivity index (χ4v) is 4.12. The van der Waals surface area contributed by atoms with Crippen molar-refractivity contribution in [3.8, 4) is 5.75 Å². The van der Waals surface area contributed by atoms with Crippen molar-refractivity contribution in [2.45, 2.75) is 30.7 Å². The number of hydrogen-bond acceptors (Lipinski definition) is 5. The van der Waals surface area contributed by atoms with E-state index in [1.54, 1.807) is 24.3 Å². The molecule has 1 heterocycles. The standard InChI is InChI=1S/C23H23N3O3S/c1-2-16-3-5-17(6-4-16)22-15-23(18-7-11-20(27)12-8-18)26(25-22)19-9-13-21(14-10-19)30(24,28)29/h3-14,23,27H,2,15H2,1H3,(H2,24,28,29)/t23-/m1/s1. The molecule has 0 bridgehead atoms. The van der Waals surface area contributed by atoms with Crippen LogP contribution in [-0.4, -0.2) is 19.2 Å². The average molecular weight is 422 g/mol. The number of hydrazone groups is 1. The molecule has 1 aliphatic heterocycles. The van der Waals surface area contributed by atoms with E-state index >= 15 is 0 Å². The van der Waals surface area contributed by atoms with Crippen LogP contribution in [0.15, 0.2) is 82.8 Å². The van der Waals surface area contributed by atoms with E-state index in [0.717, 1.165) is 28.9 Å². The van der Waals surface area contributed by atoms with Gasteiger partial charge in [-0.25, -0.2) is 13.6 Å². The molecule has 3 aromatic carbocycles. The van der Waals surface area contributed by atoms with Crippen molar-refractivity contribution in [3.63, 3.8) is 0 Å². The molecular formula is C23H23N3O3S. The molecule has 7 heteroatoms. The van der Waals surface area contributed by atoms with Gasteiger partial charge in [0.25, 0.3) is 0 Å². The highest BCUT2D eigenvalue weighted by Gasteiger charge is 2.30. The first kappa shape index (κ1) is 20.1. The first-order chi connectivity index (χ1) is 14.3. The largest absolute Gasteiger partial charge is 0.508 e. The Bertz CT molecular complexity index is 1170. The molecular weight excluding hydrogens is 398 g/mol. The van der Waals surface area contributed by atoms with Crippen LogP contribution in [0.25, 0.3) is 0 Å². The summed E-state index contributed by atoms with van der Waals surface area (Å²) in [5, 5.41) is 21.6. The molecule has 30 heavy (non-hydrogen) atoms. The molecule has 1 atom stereocenters. The molecule has 4 rings (SSSR count). The number of primary sulfonamides is 1. The SMILES string of the molecule is CCc1ccc(C2=NN(c3ccc(S(N)(=O)=O)cc3)[C@@H](c3ccc(O)cc3)C2)cc1. The molecule has 3 N–H and O–H groups in total. The summed E-state index contributed by atoms with van der Waals surface area (Å²) in [5.74, 6) is 0.206. The van der Waals surface area contributed by atoms with Crippen LogP contribution in [0.4, 0.5) is 5.69 Å². The number of aromatic hydroxyl groups is 1. The Morgan fingerprint density at radius 3 is 2.20 bits per heavy atom. The number of phenolic OH excluding ortho intramolecular Hbond substituents is 1. The second-order valence-electron chi connectivity index (χ2n) is 7.29. The Hall–Kier alpha value is -3.16. The van der Waals surface area contributed by atoms with Crippen LogP contribution in [0.5, 0.6) is 5.75 Å². The monoisotopic (exact) mass is 421 g/mol. The van der Waals surface area contributed by atoms with Crippen molar-refractivity contribution in [2.75, 3.05) is 5.01 Å². The molecule has 154 valence electrons. The van der Waals surface area contributed by atoms with Crippen LogP contribution in [0.1, 0.15) is 36.1 Å². The van der Waals surface area contributed by atoms with E-state index in [2.05, 4.69) is 31.2 Å². The maximum absolute atomic E-state index is 11.6. The van der Waals surface area contributed by atoms with Crippen LogP contribution < -0.4 is 10.1 Å². The number of benzene rings is 3. The molecule has 0 saturated carbocycles. The Morgan fingerprint density at radius 2 is 1.63 bits per heavy atom. The van der Waals surface area contributed by atoms with Gasteiger partial charge in [0.15, 0.2) is 0 Å². The molecule has 0 radical (unpaired) electrons. The van der Waals surface area contributed by atoms with Crippen molar-refractivity contribution in [1.29, 1.82) is 0 Å². The van der Waals surface area contributed by atoms with E-state index in [-0.39, 0.29) is 16.7 Å². The number of nitrogens with two attached hydrogens (primary N) is 1. The molecule has 0 fully saturated rings. The van der Waals surface area contributed by atoms with Crippen molar-refractivity contribution < 1.29 is 13.5 Å². The Morgan fingerprint density at radius 1 is 1.00 bits per heavy atom. The molecule has 0 amide bonds. The second-order valence-corrected chi connectivity index (χ2v) is 8.85. The van der Waals surface area contributed by atoms with Crippen LogP contribution >= 0.6 is 0 Å². The van der Waals surface area contributed by atoms with Gasteiger partial charge in [0, 0.05) is 6.42 Å². The normalized spacial score (nSPS) is 16.5. The van der Waals surface area contributed by atoms with Gasteiger partial charge in [-0.15, -0.1) is 0 Å². The van der Waals surface area contributed by atoms with E-state index < -0.39 is 10.0 Å². The van der Waals surface area contributed by atoms with E-state index in [4.69, 9.17) is 10.2 Å². The van der Waals surface area contributed by atoms with Gasteiger partial charge < -0.3 is 5.11 Å². The van der Waals surface area contributed by atoms with E-state index in [0.29, 0.717) is 6.42 Å². The minimum absolute atomic E-state index is 0.0611. The molecule has 0 aromatic heterocycles. The van der Waals surface area contributed by atoms with Gasteiger partial charge in [-0.3, -0.25) is 5.01 Å². The Balaban J connectivity index is 1.73. The third-order valence-corrected chi connectivity index (χ3v) is 6.24. The fraction of sp³-hybridized carbons (Fsp3) is 0.174. The van der Waals surface area contributed by atoms with E-state index in [1.807, 2.05) is 17.1 Å². The van der Waals surface area contributed by atoms with Crippen LogP contribution in [0, 0.1) is 0 Å². The van der Waals surface area contributed by atoms with Crippen LogP contribution in [-0.2, 0) is 16.4 Å². The third-order valence-electron chi connectivity index (χ3n) is 5.31. The zero-order valence-corrected chi connectivity index (χ0v) is 17.4. The van der Waals surface area contributed by atoms with E-state index in [9.17, 15) is 13.5 Å². The minimum Gasteiger partial charge on any atom is -0.508 e. The quantitative estimate of drug-likeness (QED) is 0.652. The minimum atomic E-state index is -3.76. The lowest BCUT2D eigenvalue weighted by molar-refractivity contribution is 0.475. The first-order valence-electron chi connectivity index (χ1n) is 9.73. The van der Waals surface area contributed by atoms with Crippen molar-refractivity contribution in [1.82, 2.24) is 0 Å². The summed E-state index contributed by atoms with van der Waals surface area (Å²) in [7, 11) is -3.76. The molecule has 0 spiro atoms. The first-order valence-corrected chi connectivity index (χ1v) is 11.3. The number of hydrogen-bond donors (Lipinski definition) is 2. The van der Waals surface area contributed by atoms with Gasteiger partial charge >= 0.3 is 0 Å². The molecule has 6 nitrogen and oxygen atoms in total. The van der Waals surface area contributed by atoms with Gasteiger partial charge in [0.05, 0.1) is 22.3 Å². The predicted molar refractivity (Wildman–Crippen MR) is 118 cm³/mol. The molecule has 0 aliphatic carbocycles. The van der Waals surface area contributed by atoms with Crippen LogP contribution in [0.2, 0.25) is 0 Å². The summed E-state index contributed by atoms with van der Waals surface area (Å²) < 4.78 is 23.2. The number of anilines is 1. The van der Waals surface area contributed by atoms with Gasteiger partial charge in [-0.2, -0.15) is 5.10 Å². The Labute approximate surface area is 176 Å². The van der Waals surface area contributed by atoms with Gasteiger partial charge in [-0.1, -0.05) is 43.3 Å². The average Bonchev–Trinajstić information content (AvgIpc) is 3.19. The zero-order valence-electron chi connectivity index (χ0n) is 16.6. The topological polar surface area (TPSA) is 96.0 Å². The lowest BCUT2D eigenvalue weighted by atomic mass is 9.97. The number of rotatable bonds is 5. The summed E-state index contributed by atoms with van der Waals surface area (Å²) in [5.41, 5.74) is 5.04. The third kappa shape index (κ3) is 4.08. The number of aryl methyl sites for hydroxylation is 1. The lowest BCUT2D eigenvalue weighted by Crippen LogP contribution is -2.19.